The van der Waals surface area contributed by atoms with E-state index in [2.05, 4.69) is 33.4 Å². The summed E-state index contributed by atoms with van der Waals surface area (Å²) < 4.78 is 0. The molecule has 0 aliphatic rings. The molecule has 0 aliphatic carbocycles. The lowest BCUT2D eigenvalue weighted by molar-refractivity contribution is 0.673. The van der Waals surface area contributed by atoms with Crippen LogP contribution >= 0.6 is 0 Å². The van der Waals surface area contributed by atoms with Gasteiger partial charge >= 0.3 is 0 Å². The van der Waals surface area contributed by atoms with Crippen LogP contribution in [0.4, 0.5) is 0 Å². The predicted octanol–water partition coefficient (Wildman–Crippen LogP) is 4.48. The average molecular weight is 166 g/mol. The van der Waals surface area contributed by atoms with Crippen LogP contribution in [0.1, 0.15) is 52.9 Å². The first kappa shape index (κ1) is 11.5. The molecule has 0 N–H and O–H groups in total. The second-order valence-electron chi connectivity index (χ2n) is 3.52. The fraction of sp³-hybridized carbons (Fsp3) is 0.667. The van der Waals surface area contributed by atoms with Crippen LogP contribution in [-0.2, 0) is 0 Å². The SMILES string of the molecule is C=C(C)C(C)=CCCCCCC. The summed E-state index contributed by atoms with van der Waals surface area (Å²) in [6.45, 7) is 10.4. The molecular formula is C12H22. The van der Waals surface area contributed by atoms with Crippen LogP contribution in [0.5, 0.6) is 0 Å². The number of hydrogen-bond donors (Lipinski definition) is 0. The van der Waals surface area contributed by atoms with Gasteiger partial charge in [0, 0.05) is 0 Å². The van der Waals surface area contributed by atoms with Crippen LogP contribution in [0.2, 0.25) is 0 Å². The van der Waals surface area contributed by atoms with Crippen molar-refractivity contribution in [2.24, 2.45) is 0 Å². The first-order valence-electron chi connectivity index (χ1n) is 5.01. The Labute approximate surface area is 77.4 Å². The fourth-order valence-corrected chi connectivity index (χ4v) is 1.06. The van der Waals surface area contributed by atoms with Crippen molar-refractivity contribution >= 4 is 0 Å². The van der Waals surface area contributed by atoms with E-state index in [1.165, 1.54) is 43.3 Å². The first-order valence-corrected chi connectivity index (χ1v) is 5.01. The molecule has 0 atom stereocenters. The Kier molecular flexibility index (Phi) is 6.84. The zero-order valence-corrected chi connectivity index (χ0v) is 8.82. The molecule has 0 aliphatic heterocycles. The monoisotopic (exact) mass is 166 g/mol. The van der Waals surface area contributed by atoms with Gasteiger partial charge in [0.25, 0.3) is 0 Å². The van der Waals surface area contributed by atoms with E-state index in [0.29, 0.717) is 0 Å². The van der Waals surface area contributed by atoms with E-state index in [4.69, 9.17) is 0 Å². The van der Waals surface area contributed by atoms with Gasteiger partial charge in [-0.2, -0.15) is 0 Å². The highest BCUT2D eigenvalue weighted by Gasteiger charge is 1.89. The maximum Gasteiger partial charge on any atom is -0.0345 e. The third kappa shape index (κ3) is 6.21. The summed E-state index contributed by atoms with van der Waals surface area (Å²) in [5, 5.41) is 0. The Hall–Kier alpha value is -0.520. The van der Waals surface area contributed by atoms with Gasteiger partial charge in [-0.25, -0.2) is 0 Å². The molecule has 0 rings (SSSR count). The van der Waals surface area contributed by atoms with Gasteiger partial charge in [-0.3, -0.25) is 0 Å². The molecule has 0 unspecified atom stereocenters. The summed E-state index contributed by atoms with van der Waals surface area (Å²) >= 11 is 0. The lowest BCUT2D eigenvalue weighted by Gasteiger charge is -1.99. The minimum Gasteiger partial charge on any atom is -0.0959 e. The van der Waals surface area contributed by atoms with Crippen molar-refractivity contribution in [2.75, 3.05) is 0 Å². The molecule has 0 heterocycles. The summed E-state index contributed by atoms with van der Waals surface area (Å²) in [6, 6.07) is 0. The molecule has 0 radical (unpaired) electrons. The Bertz CT molecular complexity index is 151. The highest BCUT2D eigenvalue weighted by molar-refractivity contribution is 5.23. The Morgan fingerprint density at radius 2 is 1.83 bits per heavy atom. The lowest BCUT2D eigenvalue weighted by atomic mass is 10.1. The molecule has 0 fully saturated rings. The molecule has 0 aromatic heterocycles. The average Bonchev–Trinajstić information content (AvgIpc) is 2.03. The molecule has 0 saturated carbocycles. The van der Waals surface area contributed by atoms with Crippen molar-refractivity contribution in [1.82, 2.24) is 0 Å². The number of rotatable bonds is 6. The van der Waals surface area contributed by atoms with Crippen LogP contribution in [0.15, 0.2) is 23.8 Å². The van der Waals surface area contributed by atoms with Gasteiger partial charge in [0.1, 0.15) is 0 Å². The standard InChI is InChI=1S/C12H22/c1-5-6-7-8-9-10-12(4)11(2)3/h10H,2,5-9H2,1,3-4H3. The molecule has 70 valence electrons. The topological polar surface area (TPSA) is 0 Å². The van der Waals surface area contributed by atoms with E-state index < -0.39 is 0 Å². The van der Waals surface area contributed by atoms with Crippen LogP contribution < -0.4 is 0 Å². The van der Waals surface area contributed by atoms with E-state index in [1.54, 1.807) is 0 Å². The quantitative estimate of drug-likeness (QED) is 0.403. The van der Waals surface area contributed by atoms with Crippen molar-refractivity contribution in [3.8, 4) is 0 Å². The van der Waals surface area contributed by atoms with Crippen LogP contribution in [0.25, 0.3) is 0 Å². The lowest BCUT2D eigenvalue weighted by Crippen LogP contribution is -1.78. The number of unbranched alkanes of at least 4 members (excludes halogenated alkanes) is 4. The summed E-state index contributed by atoms with van der Waals surface area (Å²) in [6.07, 6.45) is 8.93. The molecule has 0 aromatic rings. The van der Waals surface area contributed by atoms with Crippen molar-refractivity contribution in [1.29, 1.82) is 0 Å². The molecule has 0 nitrogen and oxygen atoms in total. The van der Waals surface area contributed by atoms with Gasteiger partial charge < -0.3 is 0 Å². The predicted molar refractivity (Wildman–Crippen MR) is 57.3 cm³/mol. The maximum absolute atomic E-state index is 3.90. The van der Waals surface area contributed by atoms with Gasteiger partial charge in [-0.15, -0.1) is 0 Å². The summed E-state index contributed by atoms with van der Waals surface area (Å²) in [4.78, 5) is 0. The normalized spacial score (nSPS) is 11.8. The van der Waals surface area contributed by atoms with Gasteiger partial charge in [0.05, 0.1) is 0 Å². The Morgan fingerprint density at radius 1 is 1.17 bits per heavy atom. The maximum atomic E-state index is 3.90. The van der Waals surface area contributed by atoms with Gasteiger partial charge in [-0.1, -0.05) is 50.0 Å². The zero-order chi connectivity index (χ0) is 9.40. The second kappa shape index (κ2) is 7.15. The third-order valence-electron chi connectivity index (χ3n) is 2.18. The van der Waals surface area contributed by atoms with Gasteiger partial charge in [-0.05, 0) is 26.7 Å². The highest BCUT2D eigenvalue weighted by Crippen LogP contribution is 2.09. The molecule has 12 heavy (non-hydrogen) atoms. The van der Waals surface area contributed by atoms with E-state index in [-0.39, 0.29) is 0 Å². The van der Waals surface area contributed by atoms with Crippen molar-refractivity contribution in [3.63, 3.8) is 0 Å². The molecule has 0 aromatic carbocycles. The van der Waals surface area contributed by atoms with Crippen LogP contribution in [0, 0.1) is 0 Å². The van der Waals surface area contributed by atoms with Gasteiger partial charge in [0.15, 0.2) is 0 Å². The minimum atomic E-state index is 1.20. The van der Waals surface area contributed by atoms with E-state index in [0.717, 1.165) is 0 Å². The number of allylic oxidation sites excluding steroid dienone is 3. The summed E-state index contributed by atoms with van der Waals surface area (Å²) in [5.41, 5.74) is 2.55. The fourth-order valence-electron chi connectivity index (χ4n) is 1.06. The molecular weight excluding hydrogens is 144 g/mol. The molecule has 0 amide bonds. The van der Waals surface area contributed by atoms with Crippen molar-refractivity contribution < 1.29 is 0 Å². The van der Waals surface area contributed by atoms with Crippen LogP contribution in [-0.4, -0.2) is 0 Å². The Balaban J connectivity index is 3.40. The van der Waals surface area contributed by atoms with E-state index in [9.17, 15) is 0 Å². The van der Waals surface area contributed by atoms with E-state index >= 15 is 0 Å². The molecule has 0 heteroatoms. The summed E-state index contributed by atoms with van der Waals surface area (Å²) in [5.74, 6) is 0. The smallest absolute Gasteiger partial charge is 0.0345 e. The van der Waals surface area contributed by atoms with Crippen molar-refractivity contribution in [2.45, 2.75) is 52.9 Å². The molecule has 0 bridgehead atoms. The molecule has 0 spiro atoms. The first-order chi connectivity index (χ1) is 5.68. The number of hydrogen-bond acceptors (Lipinski definition) is 0. The van der Waals surface area contributed by atoms with Gasteiger partial charge in [0.2, 0.25) is 0 Å². The summed E-state index contributed by atoms with van der Waals surface area (Å²) in [7, 11) is 0. The van der Waals surface area contributed by atoms with Crippen LogP contribution in [0.3, 0.4) is 0 Å². The van der Waals surface area contributed by atoms with E-state index in [1.807, 2.05) is 0 Å². The second-order valence-corrected chi connectivity index (χ2v) is 3.52. The minimum absolute atomic E-state index is 1.20. The highest BCUT2D eigenvalue weighted by atomic mass is 14.0. The third-order valence-corrected chi connectivity index (χ3v) is 2.18. The zero-order valence-electron chi connectivity index (χ0n) is 8.82. The molecule has 0 saturated heterocycles. The largest absolute Gasteiger partial charge is 0.0959 e. The Morgan fingerprint density at radius 3 is 2.33 bits per heavy atom. The van der Waals surface area contributed by atoms with Crippen molar-refractivity contribution in [3.05, 3.63) is 23.8 Å².